The molecule has 0 amide bonds. The third-order valence-corrected chi connectivity index (χ3v) is 2.19. The normalized spacial score (nSPS) is 12.3. The Kier molecular flexibility index (Phi) is 3.55. The highest BCUT2D eigenvalue weighted by molar-refractivity contribution is 6.30. The number of hydrogen-bond donors (Lipinski definition) is 1. The molecule has 1 aromatic rings. The molecule has 0 aliphatic heterocycles. The topological polar surface area (TPSA) is 29.5 Å². The van der Waals surface area contributed by atoms with Crippen molar-refractivity contribution in [2.75, 3.05) is 7.11 Å². The van der Waals surface area contributed by atoms with Gasteiger partial charge in [0.15, 0.2) is 0 Å². The molecule has 0 heterocycles. The largest absolute Gasteiger partial charge is 0.496 e. The van der Waals surface area contributed by atoms with Gasteiger partial charge in [0.2, 0.25) is 0 Å². The van der Waals surface area contributed by atoms with Gasteiger partial charge in [-0.2, -0.15) is 0 Å². The van der Waals surface area contributed by atoms with Gasteiger partial charge in [-0.3, -0.25) is 0 Å². The van der Waals surface area contributed by atoms with Crippen LogP contribution in [0.1, 0.15) is 18.6 Å². The van der Waals surface area contributed by atoms with Crippen LogP contribution in [0.2, 0.25) is 5.02 Å². The molecule has 0 bridgehead atoms. The number of methoxy groups -OCH3 is 1. The zero-order chi connectivity index (χ0) is 10.7. The minimum atomic E-state index is -0.706. The van der Waals surface area contributed by atoms with Gasteiger partial charge < -0.3 is 9.84 Å². The Morgan fingerprint density at radius 3 is 2.71 bits per heavy atom. The lowest BCUT2D eigenvalue weighted by Crippen LogP contribution is -2.01. The van der Waals surface area contributed by atoms with Crippen LogP contribution in [-0.4, -0.2) is 12.2 Å². The monoisotopic (exact) mass is 212 g/mol. The minimum absolute atomic E-state index is 0.577. The highest BCUT2D eigenvalue weighted by Gasteiger charge is 2.13. The highest BCUT2D eigenvalue weighted by atomic mass is 35.5. The van der Waals surface area contributed by atoms with Gasteiger partial charge in [-0.15, -0.1) is 0 Å². The van der Waals surface area contributed by atoms with E-state index in [0.29, 0.717) is 21.9 Å². The van der Waals surface area contributed by atoms with Crippen molar-refractivity contribution in [3.8, 4) is 5.75 Å². The molecule has 1 unspecified atom stereocenters. The van der Waals surface area contributed by atoms with E-state index in [0.717, 1.165) is 0 Å². The molecule has 0 spiro atoms. The Balaban J connectivity index is 3.13. The fraction of sp³-hybridized carbons (Fsp3) is 0.273. The fourth-order valence-corrected chi connectivity index (χ4v) is 1.34. The molecule has 0 aliphatic rings. The molecular weight excluding hydrogens is 200 g/mol. The molecule has 0 aromatic heterocycles. The summed E-state index contributed by atoms with van der Waals surface area (Å²) in [7, 11) is 1.54. The van der Waals surface area contributed by atoms with Crippen molar-refractivity contribution in [3.63, 3.8) is 0 Å². The summed E-state index contributed by atoms with van der Waals surface area (Å²) in [4.78, 5) is 0. The maximum Gasteiger partial charge on any atom is 0.126 e. The van der Waals surface area contributed by atoms with Gasteiger partial charge in [-0.1, -0.05) is 24.2 Å². The number of halogens is 1. The predicted octanol–water partition coefficient (Wildman–Crippen LogP) is 2.96. The van der Waals surface area contributed by atoms with Crippen LogP contribution in [0.25, 0.3) is 0 Å². The highest BCUT2D eigenvalue weighted by Crippen LogP contribution is 2.31. The molecule has 0 saturated carbocycles. The van der Waals surface area contributed by atoms with E-state index in [4.69, 9.17) is 16.3 Å². The van der Waals surface area contributed by atoms with E-state index in [1.165, 1.54) is 0 Å². The van der Waals surface area contributed by atoms with E-state index in [-0.39, 0.29) is 0 Å². The molecule has 14 heavy (non-hydrogen) atoms. The molecule has 0 aliphatic carbocycles. The first kappa shape index (κ1) is 11.1. The van der Waals surface area contributed by atoms with Crippen LogP contribution in [-0.2, 0) is 0 Å². The molecule has 1 N–H and O–H groups in total. The van der Waals surface area contributed by atoms with Crippen LogP contribution < -0.4 is 4.74 Å². The van der Waals surface area contributed by atoms with Crippen molar-refractivity contribution in [2.24, 2.45) is 0 Å². The van der Waals surface area contributed by atoms with E-state index < -0.39 is 6.10 Å². The van der Waals surface area contributed by atoms with Crippen molar-refractivity contribution in [3.05, 3.63) is 40.9 Å². The first-order valence-corrected chi connectivity index (χ1v) is 4.61. The third kappa shape index (κ3) is 2.28. The number of ether oxygens (including phenoxy) is 1. The molecular formula is C11H13ClO2. The molecule has 1 aromatic carbocycles. The van der Waals surface area contributed by atoms with Gasteiger partial charge in [0.05, 0.1) is 7.11 Å². The number of benzene rings is 1. The summed E-state index contributed by atoms with van der Waals surface area (Å²) >= 11 is 5.80. The molecule has 0 fully saturated rings. The van der Waals surface area contributed by atoms with Crippen molar-refractivity contribution < 1.29 is 9.84 Å². The summed E-state index contributed by atoms with van der Waals surface area (Å²) in [5.74, 6) is 0.577. The average molecular weight is 213 g/mol. The summed E-state index contributed by atoms with van der Waals surface area (Å²) in [5.41, 5.74) is 1.36. The van der Waals surface area contributed by atoms with Crippen LogP contribution in [0.3, 0.4) is 0 Å². The summed E-state index contributed by atoms with van der Waals surface area (Å²) in [6, 6.07) is 5.12. The van der Waals surface area contributed by atoms with Crippen molar-refractivity contribution in [1.29, 1.82) is 0 Å². The Labute approximate surface area is 88.8 Å². The molecule has 3 heteroatoms. The molecule has 1 atom stereocenters. The Bertz CT molecular complexity index is 347. The lowest BCUT2D eigenvalue weighted by Gasteiger charge is -2.14. The van der Waals surface area contributed by atoms with Gasteiger partial charge in [-0.25, -0.2) is 0 Å². The van der Waals surface area contributed by atoms with E-state index in [9.17, 15) is 5.11 Å². The van der Waals surface area contributed by atoms with E-state index in [1.54, 1.807) is 32.2 Å². The second-order valence-corrected chi connectivity index (χ2v) is 3.57. The average Bonchev–Trinajstić information content (AvgIpc) is 2.16. The maximum atomic E-state index is 9.78. The maximum absolute atomic E-state index is 9.78. The zero-order valence-electron chi connectivity index (χ0n) is 8.25. The van der Waals surface area contributed by atoms with Gasteiger partial charge in [0.1, 0.15) is 11.9 Å². The van der Waals surface area contributed by atoms with Gasteiger partial charge in [-0.05, 0) is 24.6 Å². The van der Waals surface area contributed by atoms with Crippen molar-refractivity contribution >= 4 is 11.6 Å². The number of hydrogen-bond acceptors (Lipinski definition) is 2. The van der Waals surface area contributed by atoms with Crippen LogP contribution >= 0.6 is 11.6 Å². The molecule has 0 radical (unpaired) electrons. The zero-order valence-corrected chi connectivity index (χ0v) is 9.01. The lowest BCUT2D eigenvalue weighted by molar-refractivity contribution is 0.211. The smallest absolute Gasteiger partial charge is 0.126 e. The van der Waals surface area contributed by atoms with Crippen LogP contribution in [0.5, 0.6) is 5.75 Å². The second kappa shape index (κ2) is 4.49. The van der Waals surface area contributed by atoms with Crippen molar-refractivity contribution in [2.45, 2.75) is 13.0 Å². The van der Waals surface area contributed by atoms with E-state index in [1.807, 2.05) is 0 Å². The predicted molar refractivity (Wildman–Crippen MR) is 57.8 cm³/mol. The standard InChI is InChI=1S/C11H13ClO2/c1-7(2)11(13)9-5-4-8(12)6-10(9)14-3/h4-6,11,13H,1H2,2-3H3. The van der Waals surface area contributed by atoms with Crippen LogP contribution in [0.4, 0.5) is 0 Å². The summed E-state index contributed by atoms with van der Waals surface area (Å²) in [6.07, 6.45) is -0.706. The summed E-state index contributed by atoms with van der Waals surface area (Å²) in [6.45, 7) is 5.45. The Morgan fingerprint density at radius 1 is 1.57 bits per heavy atom. The van der Waals surface area contributed by atoms with Gasteiger partial charge in [0, 0.05) is 10.6 Å². The fourth-order valence-electron chi connectivity index (χ4n) is 1.18. The molecule has 2 nitrogen and oxygen atoms in total. The first-order valence-electron chi connectivity index (χ1n) is 4.23. The van der Waals surface area contributed by atoms with Crippen molar-refractivity contribution in [1.82, 2.24) is 0 Å². The van der Waals surface area contributed by atoms with E-state index in [2.05, 4.69) is 6.58 Å². The minimum Gasteiger partial charge on any atom is -0.496 e. The molecule has 76 valence electrons. The Hall–Kier alpha value is -0.990. The van der Waals surface area contributed by atoms with Crippen LogP contribution in [0.15, 0.2) is 30.4 Å². The van der Waals surface area contributed by atoms with Gasteiger partial charge >= 0.3 is 0 Å². The number of aliphatic hydroxyl groups is 1. The molecule has 0 saturated heterocycles. The third-order valence-electron chi connectivity index (χ3n) is 1.96. The first-order chi connectivity index (χ1) is 6.56. The Morgan fingerprint density at radius 2 is 2.21 bits per heavy atom. The summed E-state index contributed by atoms with van der Waals surface area (Å²) in [5, 5.41) is 10.4. The van der Waals surface area contributed by atoms with E-state index >= 15 is 0 Å². The number of rotatable bonds is 3. The lowest BCUT2D eigenvalue weighted by atomic mass is 10.0. The number of aliphatic hydroxyl groups excluding tert-OH is 1. The second-order valence-electron chi connectivity index (χ2n) is 3.14. The van der Waals surface area contributed by atoms with Gasteiger partial charge in [0.25, 0.3) is 0 Å². The van der Waals surface area contributed by atoms with Crippen LogP contribution in [0, 0.1) is 0 Å². The molecule has 1 rings (SSSR count). The summed E-state index contributed by atoms with van der Waals surface area (Å²) < 4.78 is 5.11. The quantitative estimate of drug-likeness (QED) is 0.781. The SMILES string of the molecule is C=C(C)C(O)c1ccc(Cl)cc1OC.